The number of unbranched alkanes of at least 4 members (excludes halogenated alkanes) is 2. The third kappa shape index (κ3) is 9.92. The molecular weight excluding hydrogens is 478 g/mol. The van der Waals surface area contributed by atoms with Crippen molar-refractivity contribution in [3.63, 3.8) is 0 Å². The molecule has 2 rings (SSSR count). The first kappa shape index (κ1) is 31.6. The summed E-state index contributed by atoms with van der Waals surface area (Å²) in [5.41, 5.74) is 7.99. The van der Waals surface area contributed by atoms with Crippen LogP contribution in [-0.2, 0) is 0 Å². The Labute approximate surface area is 229 Å². The van der Waals surface area contributed by atoms with Gasteiger partial charge in [-0.15, -0.1) is 0 Å². The molecule has 1 heterocycles. The van der Waals surface area contributed by atoms with Crippen molar-refractivity contribution in [2.75, 3.05) is 0 Å². The predicted molar refractivity (Wildman–Crippen MR) is 156 cm³/mol. The largest absolute Gasteiger partial charge is 0.397 e. The first-order chi connectivity index (χ1) is 18.2. The van der Waals surface area contributed by atoms with Crippen LogP contribution in [-0.4, -0.2) is 22.1 Å². The number of aryl methyl sites for hydroxylation is 1. The molecular formula is C32H48F2N4. The van der Waals surface area contributed by atoms with Gasteiger partial charge in [-0.1, -0.05) is 109 Å². The minimum atomic E-state index is -2.81. The van der Waals surface area contributed by atoms with Crippen LogP contribution >= 0.6 is 0 Å². The van der Waals surface area contributed by atoms with Crippen molar-refractivity contribution in [2.45, 2.75) is 111 Å². The number of hydrogen-bond donors (Lipinski definition) is 2. The van der Waals surface area contributed by atoms with E-state index < -0.39 is 12.1 Å². The number of hydrogen-bond acceptors (Lipinski definition) is 4. The molecule has 1 aromatic carbocycles. The molecule has 0 amide bonds. The first-order valence-electron chi connectivity index (χ1n) is 14.5. The van der Waals surface area contributed by atoms with Crippen molar-refractivity contribution in [2.24, 2.45) is 17.6 Å². The van der Waals surface area contributed by atoms with E-state index in [-0.39, 0.29) is 11.6 Å². The average molecular weight is 527 g/mol. The molecule has 0 fully saturated rings. The number of halogens is 2. The molecule has 6 heteroatoms. The minimum absolute atomic E-state index is 0.116. The maximum atomic E-state index is 13.1. The van der Waals surface area contributed by atoms with E-state index in [1.165, 1.54) is 38.5 Å². The summed E-state index contributed by atoms with van der Waals surface area (Å²) in [7, 11) is 0. The van der Waals surface area contributed by atoms with E-state index in [0.29, 0.717) is 23.4 Å². The maximum Gasteiger partial charge on any atom is 0.277 e. The van der Waals surface area contributed by atoms with Crippen LogP contribution in [0.3, 0.4) is 0 Å². The molecule has 2 unspecified atom stereocenters. The Hall–Kier alpha value is -2.63. The third-order valence-electron chi connectivity index (χ3n) is 7.64. The standard InChI is InChI=1S/C32H48F2N4/c1-6-10-12-23(8-3)18-26(19-24(9-4)13-11-7-2)29-21-30(27(35)20-28(36)31(33)34)38-32(37-29)25-16-14-22(5)15-17-25/h14-17,20-21,23-24,26,31,35H,6-13,18-19,36H2,1-5H3. The Kier molecular flexibility index (Phi) is 13.6. The summed E-state index contributed by atoms with van der Waals surface area (Å²) in [6.07, 6.45) is 9.70. The van der Waals surface area contributed by atoms with Gasteiger partial charge in [0, 0.05) is 17.2 Å². The van der Waals surface area contributed by atoms with Crippen LogP contribution < -0.4 is 5.73 Å². The van der Waals surface area contributed by atoms with Gasteiger partial charge < -0.3 is 5.73 Å². The lowest BCUT2D eigenvalue weighted by molar-refractivity contribution is 0.188. The second-order valence-electron chi connectivity index (χ2n) is 10.7. The summed E-state index contributed by atoms with van der Waals surface area (Å²) in [5, 5.41) is 8.54. The summed E-state index contributed by atoms with van der Waals surface area (Å²) in [6, 6.07) is 9.83. The zero-order chi connectivity index (χ0) is 28.1. The number of aromatic nitrogens is 2. The summed E-state index contributed by atoms with van der Waals surface area (Å²) in [6.45, 7) is 11.0. The maximum absolute atomic E-state index is 13.1. The SMILES string of the molecule is CCCCC(CC)CC(CC(CC)CCCC)c1cc(C(=N)C=C(N)C(F)F)nc(-c2ccc(C)cc2)n1. The van der Waals surface area contributed by atoms with Gasteiger partial charge in [0.2, 0.25) is 0 Å². The van der Waals surface area contributed by atoms with Crippen LogP contribution in [0.25, 0.3) is 11.4 Å². The fourth-order valence-electron chi connectivity index (χ4n) is 5.05. The highest BCUT2D eigenvalue weighted by atomic mass is 19.3. The van der Waals surface area contributed by atoms with Gasteiger partial charge >= 0.3 is 0 Å². The van der Waals surface area contributed by atoms with Crippen LogP contribution in [0.1, 0.15) is 115 Å². The molecule has 0 aliphatic rings. The van der Waals surface area contributed by atoms with Gasteiger partial charge in [0.05, 0.1) is 17.1 Å². The topological polar surface area (TPSA) is 75.7 Å². The van der Waals surface area contributed by atoms with E-state index in [0.717, 1.165) is 48.6 Å². The van der Waals surface area contributed by atoms with Crippen molar-refractivity contribution in [1.29, 1.82) is 5.41 Å². The number of allylic oxidation sites excluding steroid dienone is 2. The van der Waals surface area contributed by atoms with E-state index >= 15 is 0 Å². The molecule has 0 bridgehead atoms. The van der Waals surface area contributed by atoms with Crippen LogP contribution in [0.4, 0.5) is 8.78 Å². The minimum Gasteiger partial charge on any atom is -0.397 e. The lowest BCUT2D eigenvalue weighted by Gasteiger charge is -2.27. The lowest BCUT2D eigenvalue weighted by atomic mass is 9.80. The Balaban J connectivity index is 2.61. The summed E-state index contributed by atoms with van der Waals surface area (Å²) in [4.78, 5) is 9.70. The molecule has 0 radical (unpaired) electrons. The molecule has 2 atom stereocenters. The van der Waals surface area contributed by atoms with Gasteiger partial charge in [-0.2, -0.15) is 0 Å². The van der Waals surface area contributed by atoms with E-state index in [9.17, 15) is 8.78 Å². The van der Waals surface area contributed by atoms with Crippen molar-refractivity contribution < 1.29 is 8.78 Å². The zero-order valence-electron chi connectivity index (χ0n) is 24.1. The van der Waals surface area contributed by atoms with E-state index in [4.69, 9.17) is 16.1 Å². The Morgan fingerprint density at radius 2 is 1.47 bits per heavy atom. The summed E-state index contributed by atoms with van der Waals surface area (Å²) in [5.74, 6) is 1.94. The molecule has 0 aliphatic heterocycles. The molecule has 0 saturated heterocycles. The highest BCUT2D eigenvalue weighted by Gasteiger charge is 2.24. The molecule has 1 aromatic heterocycles. The molecule has 0 saturated carbocycles. The fourth-order valence-corrected chi connectivity index (χ4v) is 5.05. The Bertz CT molecular complexity index is 999. The lowest BCUT2D eigenvalue weighted by Crippen LogP contribution is -2.16. The number of benzene rings is 1. The monoisotopic (exact) mass is 526 g/mol. The Morgan fingerprint density at radius 3 is 1.95 bits per heavy atom. The van der Waals surface area contributed by atoms with Crippen molar-refractivity contribution in [3.8, 4) is 11.4 Å². The molecule has 38 heavy (non-hydrogen) atoms. The van der Waals surface area contributed by atoms with Crippen LogP contribution in [0.2, 0.25) is 0 Å². The third-order valence-corrected chi connectivity index (χ3v) is 7.64. The number of rotatable bonds is 17. The van der Waals surface area contributed by atoms with Crippen molar-refractivity contribution in [3.05, 3.63) is 59.1 Å². The van der Waals surface area contributed by atoms with Crippen LogP contribution in [0, 0.1) is 24.2 Å². The summed E-state index contributed by atoms with van der Waals surface area (Å²) < 4.78 is 26.3. The summed E-state index contributed by atoms with van der Waals surface area (Å²) >= 11 is 0. The second-order valence-corrected chi connectivity index (χ2v) is 10.7. The van der Waals surface area contributed by atoms with Gasteiger partial charge in [0.25, 0.3) is 6.43 Å². The first-order valence-corrected chi connectivity index (χ1v) is 14.5. The average Bonchev–Trinajstić information content (AvgIpc) is 2.92. The predicted octanol–water partition coefficient (Wildman–Crippen LogP) is 9.22. The molecule has 0 spiro atoms. The Morgan fingerprint density at radius 1 is 0.921 bits per heavy atom. The highest BCUT2D eigenvalue weighted by Crippen LogP contribution is 2.36. The highest BCUT2D eigenvalue weighted by molar-refractivity contribution is 6.05. The number of alkyl halides is 2. The smallest absolute Gasteiger partial charge is 0.277 e. The molecule has 4 nitrogen and oxygen atoms in total. The van der Waals surface area contributed by atoms with E-state index in [1.54, 1.807) is 0 Å². The number of nitrogens with two attached hydrogens (primary N) is 1. The fraction of sp³-hybridized carbons (Fsp3) is 0.594. The molecule has 2 aromatic rings. The van der Waals surface area contributed by atoms with Crippen LogP contribution in [0.5, 0.6) is 0 Å². The number of nitrogens with one attached hydrogen (secondary N) is 1. The molecule has 0 aliphatic carbocycles. The van der Waals surface area contributed by atoms with Gasteiger partial charge in [0.1, 0.15) is 0 Å². The van der Waals surface area contributed by atoms with Crippen molar-refractivity contribution >= 4 is 5.71 Å². The van der Waals surface area contributed by atoms with Crippen molar-refractivity contribution in [1.82, 2.24) is 9.97 Å². The quantitative estimate of drug-likeness (QED) is 0.202. The van der Waals surface area contributed by atoms with Gasteiger partial charge in [0.15, 0.2) is 5.82 Å². The second kappa shape index (κ2) is 16.4. The normalized spacial score (nSPS) is 14.5. The molecule has 210 valence electrons. The molecule has 3 N–H and O–H groups in total. The van der Waals surface area contributed by atoms with Crippen LogP contribution in [0.15, 0.2) is 42.1 Å². The van der Waals surface area contributed by atoms with E-state index in [2.05, 4.69) is 32.7 Å². The van der Waals surface area contributed by atoms with E-state index in [1.807, 2.05) is 37.3 Å². The number of nitrogens with zero attached hydrogens (tertiary/aromatic N) is 2. The zero-order valence-corrected chi connectivity index (χ0v) is 24.1. The van der Waals surface area contributed by atoms with Gasteiger partial charge in [-0.3, -0.25) is 5.41 Å². The van der Waals surface area contributed by atoms with Gasteiger partial charge in [-0.25, -0.2) is 18.7 Å². The van der Waals surface area contributed by atoms with Gasteiger partial charge in [-0.05, 0) is 43.7 Å².